The maximum atomic E-state index is 3.79. The van der Waals surface area contributed by atoms with Crippen LogP contribution in [-0.2, 0) is 6.42 Å². The first-order chi connectivity index (χ1) is 12.3. The lowest BCUT2D eigenvalue weighted by Crippen LogP contribution is -2.25. The lowest BCUT2D eigenvalue weighted by Gasteiger charge is -2.37. The van der Waals surface area contributed by atoms with Crippen LogP contribution in [0.15, 0.2) is 49.1 Å². The minimum Gasteiger partial charge on any atom is -0.0991 e. The predicted molar refractivity (Wildman–Crippen MR) is 110 cm³/mol. The van der Waals surface area contributed by atoms with Crippen molar-refractivity contribution in [1.82, 2.24) is 0 Å². The third-order valence-electron chi connectivity index (χ3n) is 6.76. The minimum absolute atomic E-state index is 0.812. The standard InChI is InChI=1S/C25H36/c1-3-5-7-21-10-14-23(15-11-21)25-18-16-24(17-19-25)22-12-8-20(6-4-2)9-13-22/h3,5,7-9,12-13,21,23-25H,1,4,6,10-11,14-19H2,2H3/b7-5+. The van der Waals surface area contributed by atoms with Crippen molar-refractivity contribution in [3.05, 3.63) is 60.2 Å². The smallest absolute Gasteiger partial charge is 0.0162 e. The average molecular weight is 337 g/mol. The number of benzene rings is 1. The first-order valence-electron chi connectivity index (χ1n) is 10.7. The van der Waals surface area contributed by atoms with Gasteiger partial charge in [-0.15, -0.1) is 0 Å². The van der Waals surface area contributed by atoms with Crippen molar-refractivity contribution < 1.29 is 0 Å². The molecule has 1 aromatic rings. The summed E-state index contributed by atoms with van der Waals surface area (Å²) in [6.07, 6.45) is 20.3. The molecule has 0 bridgehead atoms. The highest BCUT2D eigenvalue weighted by atomic mass is 14.4. The second kappa shape index (κ2) is 9.41. The molecule has 0 amide bonds. The number of hydrogen-bond acceptors (Lipinski definition) is 0. The monoisotopic (exact) mass is 336 g/mol. The second-order valence-corrected chi connectivity index (χ2v) is 8.40. The van der Waals surface area contributed by atoms with E-state index in [1.807, 2.05) is 6.08 Å². The minimum atomic E-state index is 0.812. The van der Waals surface area contributed by atoms with Crippen molar-refractivity contribution in [2.24, 2.45) is 17.8 Å². The molecule has 0 unspecified atom stereocenters. The van der Waals surface area contributed by atoms with Gasteiger partial charge in [0.1, 0.15) is 0 Å². The van der Waals surface area contributed by atoms with E-state index in [1.54, 1.807) is 5.56 Å². The highest BCUT2D eigenvalue weighted by molar-refractivity contribution is 5.26. The first kappa shape index (κ1) is 18.5. The molecule has 0 nitrogen and oxygen atoms in total. The Bertz CT molecular complexity index is 534. The summed E-state index contributed by atoms with van der Waals surface area (Å²) >= 11 is 0. The van der Waals surface area contributed by atoms with E-state index in [-0.39, 0.29) is 0 Å². The predicted octanol–water partition coefficient (Wildman–Crippen LogP) is 7.46. The molecule has 2 fully saturated rings. The molecule has 0 aliphatic heterocycles. The van der Waals surface area contributed by atoms with Gasteiger partial charge in [0.25, 0.3) is 0 Å². The van der Waals surface area contributed by atoms with Crippen LogP contribution in [0.3, 0.4) is 0 Å². The Morgan fingerprint density at radius 2 is 1.48 bits per heavy atom. The van der Waals surface area contributed by atoms with Gasteiger partial charge >= 0.3 is 0 Å². The molecule has 136 valence electrons. The molecule has 0 radical (unpaired) electrons. The highest BCUT2D eigenvalue weighted by Crippen LogP contribution is 2.44. The van der Waals surface area contributed by atoms with Crippen LogP contribution in [0.5, 0.6) is 0 Å². The molecule has 0 saturated heterocycles. The van der Waals surface area contributed by atoms with E-state index in [4.69, 9.17) is 0 Å². The van der Waals surface area contributed by atoms with E-state index in [0.717, 1.165) is 23.7 Å². The fraction of sp³-hybridized carbons (Fsp3) is 0.600. The molecule has 3 rings (SSSR count). The fourth-order valence-electron chi connectivity index (χ4n) is 5.21. The van der Waals surface area contributed by atoms with Crippen molar-refractivity contribution in [2.75, 3.05) is 0 Å². The molecule has 2 saturated carbocycles. The van der Waals surface area contributed by atoms with Crippen LogP contribution in [0.1, 0.15) is 81.8 Å². The lowest BCUT2D eigenvalue weighted by molar-refractivity contribution is 0.171. The summed E-state index contributed by atoms with van der Waals surface area (Å²) in [7, 11) is 0. The molecular formula is C25H36. The molecule has 0 heteroatoms. The molecule has 1 aromatic carbocycles. The molecule has 0 spiro atoms. The van der Waals surface area contributed by atoms with Gasteiger partial charge in [-0.2, -0.15) is 0 Å². The Morgan fingerprint density at radius 1 is 0.880 bits per heavy atom. The summed E-state index contributed by atoms with van der Waals surface area (Å²) in [6.45, 7) is 6.05. The fourth-order valence-corrected chi connectivity index (χ4v) is 5.21. The summed E-state index contributed by atoms with van der Waals surface area (Å²) in [5.41, 5.74) is 3.10. The third-order valence-corrected chi connectivity index (χ3v) is 6.76. The van der Waals surface area contributed by atoms with E-state index in [9.17, 15) is 0 Å². The highest BCUT2D eigenvalue weighted by Gasteiger charge is 2.30. The quantitative estimate of drug-likeness (QED) is 0.473. The zero-order chi connectivity index (χ0) is 17.5. The van der Waals surface area contributed by atoms with E-state index in [2.05, 4.69) is 49.9 Å². The van der Waals surface area contributed by atoms with Crippen LogP contribution < -0.4 is 0 Å². The van der Waals surface area contributed by atoms with Crippen LogP contribution in [-0.4, -0.2) is 0 Å². The zero-order valence-electron chi connectivity index (χ0n) is 16.1. The van der Waals surface area contributed by atoms with Gasteiger partial charge in [-0.25, -0.2) is 0 Å². The van der Waals surface area contributed by atoms with Gasteiger partial charge in [-0.1, -0.05) is 62.4 Å². The molecule has 25 heavy (non-hydrogen) atoms. The Kier molecular flexibility index (Phi) is 6.96. The van der Waals surface area contributed by atoms with E-state index < -0.39 is 0 Å². The number of allylic oxidation sites excluding steroid dienone is 3. The topological polar surface area (TPSA) is 0 Å². The van der Waals surface area contributed by atoms with E-state index in [0.29, 0.717) is 0 Å². The number of hydrogen-bond donors (Lipinski definition) is 0. The Morgan fingerprint density at radius 3 is 2.04 bits per heavy atom. The Balaban J connectivity index is 1.46. The van der Waals surface area contributed by atoms with Gasteiger partial charge in [0.15, 0.2) is 0 Å². The van der Waals surface area contributed by atoms with Crippen LogP contribution in [0.2, 0.25) is 0 Å². The summed E-state index contributed by atoms with van der Waals surface area (Å²) in [5, 5.41) is 0. The first-order valence-corrected chi connectivity index (χ1v) is 10.7. The van der Waals surface area contributed by atoms with Gasteiger partial charge < -0.3 is 0 Å². The van der Waals surface area contributed by atoms with Crippen molar-refractivity contribution in [3.63, 3.8) is 0 Å². The van der Waals surface area contributed by atoms with Gasteiger partial charge in [0.2, 0.25) is 0 Å². The van der Waals surface area contributed by atoms with E-state index in [1.165, 1.54) is 69.8 Å². The second-order valence-electron chi connectivity index (χ2n) is 8.40. The Hall–Kier alpha value is -1.30. The maximum absolute atomic E-state index is 3.79. The maximum Gasteiger partial charge on any atom is -0.0162 e. The van der Waals surface area contributed by atoms with Gasteiger partial charge in [0.05, 0.1) is 0 Å². The molecule has 0 aromatic heterocycles. The zero-order valence-corrected chi connectivity index (χ0v) is 16.1. The molecule has 0 N–H and O–H groups in total. The van der Waals surface area contributed by atoms with Crippen LogP contribution in [0.4, 0.5) is 0 Å². The number of rotatable bonds is 6. The third kappa shape index (κ3) is 5.09. The summed E-state index contributed by atoms with van der Waals surface area (Å²) in [5.74, 6) is 3.63. The van der Waals surface area contributed by atoms with Crippen LogP contribution in [0, 0.1) is 17.8 Å². The van der Waals surface area contributed by atoms with Gasteiger partial charge in [0, 0.05) is 0 Å². The molecule has 0 heterocycles. The van der Waals surface area contributed by atoms with E-state index >= 15 is 0 Å². The largest absolute Gasteiger partial charge is 0.0991 e. The van der Waals surface area contributed by atoms with Crippen LogP contribution >= 0.6 is 0 Å². The van der Waals surface area contributed by atoms with Crippen molar-refractivity contribution >= 4 is 0 Å². The van der Waals surface area contributed by atoms with Crippen molar-refractivity contribution in [2.45, 2.75) is 77.0 Å². The van der Waals surface area contributed by atoms with Gasteiger partial charge in [-0.3, -0.25) is 0 Å². The molecular weight excluding hydrogens is 300 g/mol. The van der Waals surface area contributed by atoms with Crippen molar-refractivity contribution in [1.29, 1.82) is 0 Å². The molecule has 2 aliphatic rings. The summed E-state index contributed by atoms with van der Waals surface area (Å²) in [6, 6.07) is 9.55. The number of aryl methyl sites for hydroxylation is 1. The SMILES string of the molecule is C=C/C=C/C1CCC(C2CCC(c3ccc(CCC)cc3)CC2)CC1. The Labute approximate surface area is 155 Å². The van der Waals surface area contributed by atoms with Gasteiger partial charge in [-0.05, 0) is 92.6 Å². The normalized spacial score (nSPS) is 30.4. The summed E-state index contributed by atoms with van der Waals surface area (Å²) in [4.78, 5) is 0. The summed E-state index contributed by atoms with van der Waals surface area (Å²) < 4.78 is 0. The lowest BCUT2D eigenvalue weighted by atomic mass is 9.68. The average Bonchev–Trinajstić information content (AvgIpc) is 2.68. The molecule has 2 aliphatic carbocycles. The van der Waals surface area contributed by atoms with Crippen LogP contribution in [0.25, 0.3) is 0 Å². The van der Waals surface area contributed by atoms with Crippen molar-refractivity contribution in [3.8, 4) is 0 Å². The molecule has 0 atom stereocenters.